The highest BCUT2D eigenvalue weighted by molar-refractivity contribution is 8.00. The molecule has 0 fully saturated rings. The molecule has 4 aromatic rings. The SMILES string of the molecule is COc1ccccc1Oc1c(NSc2ccc(C)cn2)nc(-c2ccnc(C#N)c2)nc1OCCO. The van der Waals surface area contributed by atoms with Gasteiger partial charge in [-0.3, -0.25) is 0 Å². The van der Waals surface area contributed by atoms with Gasteiger partial charge in [0.05, 0.1) is 13.7 Å². The molecule has 0 aliphatic rings. The van der Waals surface area contributed by atoms with Crippen LogP contribution in [0.1, 0.15) is 11.3 Å². The Kier molecular flexibility index (Phi) is 8.12. The molecule has 0 unspecified atom stereocenters. The van der Waals surface area contributed by atoms with E-state index in [9.17, 15) is 10.4 Å². The summed E-state index contributed by atoms with van der Waals surface area (Å²) in [4.78, 5) is 17.6. The summed E-state index contributed by atoms with van der Waals surface area (Å²) in [5.74, 6) is 1.76. The number of ether oxygens (including phenoxy) is 3. The molecule has 0 aliphatic carbocycles. The van der Waals surface area contributed by atoms with Gasteiger partial charge in [0.2, 0.25) is 5.75 Å². The van der Waals surface area contributed by atoms with Gasteiger partial charge in [-0.15, -0.1) is 0 Å². The summed E-state index contributed by atoms with van der Waals surface area (Å²) < 4.78 is 20.5. The van der Waals surface area contributed by atoms with Crippen molar-refractivity contribution in [3.63, 3.8) is 0 Å². The lowest BCUT2D eigenvalue weighted by Crippen LogP contribution is -2.08. The molecule has 4 rings (SSSR count). The van der Waals surface area contributed by atoms with Gasteiger partial charge in [0.1, 0.15) is 23.4 Å². The molecule has 0 spiro atoms. The molecule has 11 heteroatoms. The van der Waals surface area contributed by atoms with Crippen LogP contribution in [0.25, 0.3) is 11.4 Å². The van der Waals surface area contributed by atoms with Gasteiger partial charge in [-0.05, 0) is 42.8 Å². The van der Waals surface area contributed by atoms with Gasteiger partial charge in [0.25, 0.3) is 5.88 Å². The number of nitrogens with zero attached hydrogens (tertiary/aromatic N) is 5. The molecule has 3 heterocycles. The van der Waals surface area contributed by atoms with Crippen molar-refractivity contribution >= 4 is 17.8 Å². The van der Waals surface area contributed by atoms with Crippen LogP contribution >= 0.6 is 11.9 Å². The second-order valence-corrected chi connectivity index (χ2v) is 8.10. The normalized spacial score (nSPS) is 10.4. The summed E-state index contributed by atoms with van der Waals surface area (Å²) in [6, 6.07) is 16.2. The van der Waals surface area contributed by atoms with Gasteiger partial charge in [0, 0.05) is 29.9 Å². The summed E-state index contributed by atoms with van der Waals surface area (Å²) in [5, 5.41) is 19.4. The van der Waals surface area contributed by atoms with Crippen LogP contribution < -0.4 is 18.9 Å². The zero-order chi connectivity index (χ0) is 25.3. The van der Waals surface area contributed by atoms with Crippen LogP contribution in [0.5, 0.6) is 23.1 Å². The summed E-state index contributed by atoms with van der Waals surface area (Å²) >= 11 is 1.23. The van der Waals surface area contributed by atoms with Crippen molar-refractivity contribution in [3.05, 3.63) is 72.2 Å². The van der Waals surface area contributed by atoms with E-state index in [2.05, 4.69) is 24.7 Å². The number of benzene rings is 1. The fourth-order valence-electron chi connectivity index (χ4n) is 3.02. The molecule has 0 saturated carbocycles. The van der Waals surface area contributed by atoms with Crippen molar-refractivity contribution in [1.82, 2.24) is 19.9 Å². The molecule has 0 saturated heterocycles. The number of hydrogen-bond acceptors (Lipinski definition) is 11. The van der Waals surface area contributed by atoms with E-state index in [1.54, 1.807) is 43.6 Å². The van der Waals surface area contributed by atoms with E-state index in [-0.39, 0.29) is 36.4 Å². The monoisotopic (exact) mass is 502 g/mol. The second-order valence-electron chi connectivity index (χ2n) is 7.27. The number of rotatable bonds is 10. The average Bonchev–Trinajstić information content (AvgIpc) is 2.92. The summed E-state index contributed by atoms with van der Waals surface area (Å²) in [6.45, 7) is 1.70. The number of para-hydroxylation sites is 2. The van der Waals surface area contributed by atoms with Crippen LogP contribution in [-0.2, 0) is 0 Å². The number of nitrogens with one attached hydrogen (secondary N) is 1. The van der Waals surface area contributed by atoms with Gasteiger partial charge in [-0.25, -0.2) is 15.0 Å². The molecule has 3 aromatic heterocycles. The van der Waals surface area contributed by atoms with Crippen LogP contribution in [0, 0.1) is 18.3 Å². The molecule has 0 atom stereocenters. The number of aliphatic hydroxyl groups is 1. The third-order valence-electron chi connectivity index (χ3n) is 4.71. The molecule has 0 bridgehead atoms. The minimum absolute atomic E-state index is 0.0232. The molecule has 182 valence electrons. The number of methoxy groups -OCH3 is 1. The van der Waals surface area contributed by atoms with Crippen molar-refractivity contribution in [2.24, 2.45) is 0 Å². The Balaban J connectivity index is 1.81. The molecule has 10 nitrogen and oxygen atoms in total. The average molecular weight is 503 g/mol. The Morgan fingerprint density at radius 3 is 2.64 bits per heavy atom. The Hall–Kier alpha value is -4.40. The number of aromatic nitrogens is 4. The number of aliphatic hydroxyl groups excluding tert-OH is 1. The highest BCUT2D eigenvalue weighted by Crippen LogP contribution is 2.42. The van der Waals surface area contributed by atoms with Gasteiger partial charge in [-0.2, -0.15) is 10.2 Å². The van der Waals surface area contributed by atoms with Crippen molar-refractivity contribution in [2.45, 2.75) is 11.9 Å². The summed E-state index contributed by atoms with van der Waals surface area (Å²) in [5.41, 5.74) is 1.81. The van der Waals surface area contributed by atoms with Gasteiger partial charge in [-0.1, -0.05) is 18.2 Å². The molecular formula is C25H22N6O4S. The number of hydrogen-bond donors (Lipinski definition) is 2. The van der Waals surface area contributed by atoms with E-state index in [0.717, 1.165) is 5.56 Å². The summed E-state index contributed by atoms with van der Waals surface area (Å²) in [7, 11) is 1.54. The van der Waals surface area contributed by atoms with Crippen molar-refractivity contribution in [1.29, 1.82) is 5.26 Å². The maximum Gasteiger partial charge on any atom is 0.263 e. The Morgan fingerprint density at radius 1 is 1.08 bits per heavy atom. The molecule has 0 radical (unpaired) electrons. The van der Waals surface area contributed by atoms with E-state index >= 15 is 0 Å². The number of pyridine rings is 2. The molecule has 36 heavy (non-hydrogen) atoms. The van der Waals surface area contributed by atoms with Gasteiger partial charge in [0.15, 0.2) is 23.1 Å². The fraction of sp³-hybridized carbons (Fsp3) is 0.160. The van der Waals surface area contributed by atoms with Gasteiger partial charge < -0.3 is 24.0 Å². The summed E-state index contributed by atoms with van der Waals surface area (Å²) in [6.07, 6.45) is 3.26. The first kappa shape index (κ1) is 24.7. The van der Waals surface area contributed by atoms with Crippen LogP contribution in [0.15, 0.2) is 66.0 Å². The van der Waals surface area contributed by atoms with Crippen molar-refractivity contribution in [2.75, 3.05) is 25.0 Å². The number of aryl methyl sites for hydroxylation is 1. The zero-order valence-corrected chi connectivity index (χ0v) is 20.3. The minimum atomic E-state index is -0.230. The topological polar surface area (TPSA) is 135 Å². The van der Waals surface area contributed by atoms with Crippen LogP contribution in [-0.4, -0.2) is 45.4 Å². The maximum absolute atomic E-state index is 9.39. The Labute approximate surface area is 212 Å². The lowest BCUT2D eigenvalue weighted by atomic mass is 10.2. The Bertz CT molecular complexity index is 1380. The lowest BCUT2D eigenvalue weighted by Gasteiger charge is -2.17. The highest BCUT2D eigenvalue weighted by atomic mass is 32.2. The molecule has 0 amide bonds. The highest BCUT2D eigenvalue weighted by Gasteiger charge is 2.21. The van der Waals surface area contributed by atoms with E-state index in [0.29, 0.717) is 27.9 Å². The quantitative estimate of drug-likeness (QED) is 0.299. The predicted molar refractivity (Wildman–Crippen MR) is 134 cm³/mol. The van der Waals surface area contributed by atoms with Gasteiger partial charge >= 0.3 is 0 Å². The standard InChI is InChI=1S/C25H22N6O4S/c1-16-7-8-21(28-15-16)36-31-24-22(35-20-6-4-3-5-19(20)33-2)25(34-12-11-32)30-23(29-24)17-9-10-27-18(13-17)14-26/h3-10,13,15,32H,11-12H2,1-2H3,(H,29,30,31). The first-order chi connectivity index (χ1) is 17.6. The van der Waals surface area contributed by atoms with Crippen LogP contribution in [0.2, 0.25) is 0 Å². The molecule has 1 aromatic carbocycles. The van der Waals surface area contributed by atoms with Crippen LogP contribution in [0.4, 0.5) is 5.82 Å². The van der Waals surface area contributed by atoms with Crippen LogP contribution in [0.3, 0.4) is 0 Å². The fourth-order valence-corrected chi connectivity index (χ4v) is 3.60. The first-order valence-corrected chi connectivity index (χ1v) is 11.6. The maximum atomic E-state index is 9.39. The predicted octanol–water partition coefficient (Wildman–Crippen LogP) is 4.40. The number of nitriles is 1. The zero-order valence-electron chi connectivity index (χ0n) is 19.5. The van der Waals surface area contributed by atoms with E-state index < -0.39 is 0 Å². The molecule has 0 aliphatic heterocycles. The van der Waals surface area contributed by atoms with Crippen molar-refractivity contribution in [3.8, 4) is 40.6 Å². The third kappa shape index (κ3) is 5.99. The smallest absolute Gasteiger partial charge is 0.263 e. The number of anilines is 1. The largest absolute Gasteiger partial charge is 0.493 e. The minimum Gasteiger partial charge on any atom is -0.493 e. The second kappa shape index (κ2) is 11.8. The van der Waals surface area contributed by atoms with E-state index in [4.69, 9.17) is 14.2 Å². The lowest BCUT2D eigenvalue weighted by molar-refractivity contribution is 0.192. The molecular weight excluding hydrogens is 480 g/mol. The molecule has 2 N–H and O–H groups in total. The Morgan fingerprint density at radius 2 is 1.92 bits per heavy atom. The first-order valence-electron chi connectivity index (χ1n) is 10.8. The third-order valence-corrected chi connectivity index (χ3v) is 5.46. The van der Waals surface area contributed by atoms with E-state index in [1.165, 1.54) is 18.1 Å². The van der Waals surface area contributed by atoms with Crippen molar-refractivity contribution < 1.29 is 19.3 Å². The van der Waals surface area contributed by atoms with E-state index in [1.807, 2.05) is 31.2 Å².